The number of amides is 1. The number of fused-ring (bicyclic) bond motifs is 1. The lowest BCUT2D eigenvalue weighted by atomic mass is 9.94. The van der Waals surface area contributed by atoms with Gasteiger partial charge < -0.3 is 9.64 Å². The Morgan fingerprint density at radius 1 is 1.23 bits per heavy atom. The van der Waals surface area contributed by atoms with Gasteiger partial charge in [-0.05, 0) is 36.6 Å². The second kappa shape index (κ2) is 7.92. The van der Waals surface area contributed by atoms with Crippen molar-refractivity contribution < 1.29 is 22.7 Å². The third-order valence-electron chi connectivity index (χ3n) is 5.23. The number of benzene rings is 1. The summed E-state index contributed by atoms with van der Waals surface area (Å²) in [5.41, 5.74) is 1.45. The highest BCUT2D eigenvalue weighted by Crippen LogP contribution is 2.30. The quantitative estimate of drug-likeness (QED) is 0.650. The normalized spacial score (nSPS) is 17.3. The van der Waals surface area contributed by atoms with Gasteiger partial charge in [0, 0.05) is 25.2 Å². The summed E-state index contributed by atoms with van der Waals surface area (Å²) in [4.78, 5) is 21.9. The molecule has 1 atom stereocenters. The number of carbonyl (C=O) groups excluding carboxylic acids is 1. The van der Waals surface area contributed by atoms with E-state index in [1.165, 1.54) is 6.20 Å². The molecule has 0 aliphatic carbocycles. The maximum absolute atomic E-state index is 13.0. The maximum atomic E-state index is 13.0. The van der Waals surface area contributed by atoms with Crippen molar-refractivity contribution >= 4 is 11.7 Å². The Balaban J connectivity index is 1.52. The number of alkyl halides is 3. The van der Waals surface area contributed by atoms with E-state index in [-0.39, 0.29) is 24.0 Å². The molecule has 1 amide bonds. The summed E-state index contributed by atoms with van der Waals surface area (Å²) in [7, 11) is 1.58. The van der Waals surface area contributed by atoms with Crippen LogP contribution in [0.2, 0.25) is 0 Å². The Bertz CT molecular complexity index is 1050. The summed E-state index contributed by atoms with van der Waals surface area (Å²) < 4.78 is 45.3. The Morgan fingerprint density at radius 3 is 2.70 bits per heavy atom. The molecule has 0 radical (unpaired) electrons. The molecular formula is C20H20F3N5O2. The van der Waals surface area contributed by atoms with Gasteiger partial charge in [-0.2, -0.15) is 18.2 Å². The van der Waals surface area contributed by atoms with E-state index in [0.717, 1.165) is 28.7 Å². The molecule has 1 saturated heterocycles. The number of nitrogens with zero attached hydrogens (tertiary/aromatic N) is 5. The van der Waals surface area contributed by atoms with Gasteiger partial charge >= 0.3 is 6.18 Å². The lowest BCUT2D eigenvalue weighted by Crippen LogP contribution is -2.40. The number of piperidine rings is 1. The number of hydrogen-bond acceptors (Lipinski definition) is 5. The van der Waals surface area contributed by atoms with Gasteiger partial charge in [-0.1, -0.05) is 12.1 Å². The molecule has 2 aromatic heterocycles. The van der Waals surface area contributed by atoms with Crippen molar-refractivity contribution in [1.29, 1.82) is 0 Å². The summed E-state index contributed by atoms with van der Waals surface area (Å²) in [6.07, 6.45) is -1.46. The van der Waals surface area contributed by atoms with Crippen molar-refractivity contribution in [3.63, 3.8) is 0 Å². The fourth-order valence-electron chi connectivity index (χ4n) is 3.72. The van der Waals surface area contributed by atoms with Gasteiger partial charge in [0.2, 0.25) is 5.91 Å². The monoisotopic (exact) mass is 419 g/mol. The Hall–Kier alpha value is -3.17. The van der Waals surface area contributed by atoms with Crippen LogP contribution in [0.4, 0.5) is 13.2 Å². The van der Waals surface area contributed by atoms with Crippen LogP contribution in [-0.2, 0) is 17.4 Å². The molecule has 0 spiro atoms. The molecule has 7 nitrogen and oxygen atoms in total. The molecule has 1 aliphatic rings. The molecule has 1 aliphatic heterocycles. The van der Waals surface area contributed by atoms with Crippen LogP contribution in [0.5, 0.6) is 5.75 Å². The van der Waals surface area contributed by atoms with Gasteiger partial charge in [-0.15, -0.1) is 5.10 Å². The maximum Gasteiger partial charge on any atom is 0.453 e. The molecule has 0 saturated carbocycles. The van der Waals surface area contributed by atoms with E-state index >= 15 is 0 Å². The number of hydrogen-bond donors (Lipinski definition) is 0. The van der Waals surface area contributed by atoms with Gasteiger partial charge in [0.15, 0.2) is 0 Å². The van der Waals surface area contributed by atoms with Gasteiger partial charge in [-0.25, -0.2) is 9.50 Å². The SMILES string of the molecule is COc1ccc(CC(=O)N2CCCC(c3ccnc4nc(C(F)(F)F)nn34)C2)cc1. The summed E-state index contributed by atoms with van der Waals surface area (Å²) >= 11 is 0. The summed E-state index contributed by atoms with van der Waals surface area (Å²) in [6, 6.07) is 8.94. The van der Waals surface area contributed by atoms with E-state index in [2.05, 4.69) is 15.1 Å². The minimum atomic E-state index is -4.64. The first kappa shape index (κ1) is 20.1. The van der Waals surface area contributed by atoms with E-state index in [9.17, 15) is 18.0 Å². The molecule has 30 heavy (non-hydrogen) atoms. The average Bonchev–Trinajstić information content (AvgIpc) is 3.19. The molecule has 158 valence electrons. The number of rotatable bonds is 4. The summed E-state index contributed by atoms with van der Waals surface area (Å²) in [5.74, 6) is -0.763. The Morgan fingerprint density at radius 2 is 2.00 bits per heavy atom. The molecule has 3 aromatic rings. The van der Waals surface area contributed by atoms with Crippen LogP contribution in [0.1, 0.15) is 35.8 Å². The van der Waals surface area contributed by atoms with Crippen LogP contribution >= 0.6 is 0 Å². The average molecular weight is 419 g/mol. The number of aromatic nitrogens is 4. The predicted molar refractivity (Wildman–Crippen MR) is 101 cm³/mol. The zero-order valence-electron chi connectivity index (χ0n) is 16.3. The second-order valence-electron chi connectivity index (χ2n) is 7.22. The van der Waals surface area contributed by atoms with Gasteiger partial charge in [0.25, 0.3) is 11.6 Å². The fraction of sp³-hybridized carbons (Fsp3) is 0.400. The third kappa shape index (κ3) is 4.07. The van der Waals surface area contributed by atoms with E-state index in [0.29, 0.717) is 18.8 Å². The third-order valence-corrected chi connectivity index (χ3v) is 5.23. The van der Waals surface area contributed by atoms with E-state index in [1.807, 2.05) is 12.1 Å². The molecule has 4 rings (SSSR count). The number of halogens is 3. The van der Waals surface area contributed by atoms with Crippen molar-refractivity contribution in [2.75, 3.05) is 20.2 Å². The topological polar surface area (TPSA) is 72.6 Å². The standard InChI is InChI=1S/C20H20F3N5O2/c1-30-15-6-4-13(5-7-15)11-17(29)27-10-2-3-14(12-27)16-8-9-24-19-25-18(20(21,22)23)26-28(16)19/h4-9,14H,2-3,10-12H2,1H3. The molecule has 10 heteroatoms. The minimum absolute atomic E-state index is 0.0234. The highest BCUT2D eigenvalue weighted by molar-refractivity contribution is 5.79. The predicted octanol–water partition coefficient (Wildman–Crippen LogP) is 3.10. The van der Waals surface area contributed by atoms with Crippen molar-refractivity contribution in [2.24, 2.45) is 0 Å². The number of likely N-dealkylation sites (tertiary alicyclic amines) is 1. The van der Waals surface area contributed by atoms with Crippen molar-refractivity contribution in [3.8, 4) is 5.75 Å². The highest BCUT2D eigenvalue weighted by atomic mass is 19.4. The van der Waals surface area contributed by atoms with Crippen molar-refractivity contribution in [1.82, 2.24) is 24.5 Å². The van der Waals surface area contributed by atoms with Crippen LogP contribution < -0.4 is 4.74 Å². The molecule has 1 unspecified atom stereocenters. The van der Waals surface area contributed by atoms with E-state index in [1.54, 1.807) is 30.2 Å². The molecule has 1 aromatic carbocycles. The van der Waals surface area contributed by atoms with Crippen LogP contribution in [0.3, 0.4) is 0 Å². The Kier molecular flexibility index (Phi) is 5.31. The fourth-order valence-corrected chi connectivity index (χ4v) is 3.72. The molecule has 0 bridgehead atoms. The number of ether oxygens (including phenoxy) is 1. The second-order valence-corrected chi connectivity index (χ2v) is 7.22. The first-order valence-corrected chi connectivity index (χ1v) is 9.54. The van der Waals surface area contributed by atoms with Crippen molar-refractivity contribution in [3.05, 3.63) is 53.6 Å². The number of carbonyl (C=O) groups is 1. The first-order valence-electron chi connectivity index (χ1n) is 9.54. The molecule has 1 fully saturated rings. The largest absolute Gasteiger partial charge is 0.497 e. The molecular weight excluding hydrogens is 399 g/mol. The minimum Gasteiger partial charge on any atom is -0.497 e. The zero-order valence-corrected chi connectivity index (χ0v) is 16.3. The molecule has 3 heterocycles. The van der Waals surface area contributed by atoms with Crippen molar-refractivity contribution in [2.45, 2.75) is 31.4 Å². The van der Waals surface area contributed by atoms with Crippen LogP contribution in [0.25, 0.3) is 5.78 Å². The smallest absolute Gasteiger partial charge is 0.453 e. The number of methoxy groups -OCH3 is 1. The van der Waals surface area contributed by atoms with E-state index < -0.39 is 12.0 Å². The van der Waals surface area contributed by atoms with Gasteiger partial charge in [-0.3, -0.25) is 4.79 Å². The first-order chi connectivity index (χ1) is 14.3. The van der Waals surface area contributed by atoms with Crippen LogP contribution in [-0.4, -0.2) is 50.6 Å². The summed E-state index contributed by atoms with van der Waals surface area (Å²) in [5, 5.41) is 3.62. The Labute approximate surface area is 170 Å². The van der Waals surface area contributed by atoms with Crippen LogP contribution in [0, 0.1) is 0 Å². The lowest BCUT2D eigenvalue weighted by molar-refractivity contribution is -0.144. The zero-order chi connectivity index (χ0) is 21.3. The van der Waals surface area contributed by atoms with Crippen LogP contribution in [0.15, 0.2) is 36.5 Å². The molecule has 0 N–H and O–H groups in total. The highest BCUT2D eigenvalue weighted by Gasteiger charge is 2.37. The van der Waals surface area contributed by atoms with Gasteiger partial charge in [0.1, 0.15) is 5.75 Å². The lowest BCUT2D eigenvalue weighted by Gasteiger charge is -2.33. The van der Waals surface area contributed by atoms with Gasteiger partial charge in [0.05, 0.1) is 19.2 Å². The van der Waals surface area contributed by atoms with E-state index in [4.69, 9.17) is 4.74 Å². The summed E-state index contributed by atoms with van der Waals surface area (Å²) in [6.45, 7) is 1.03.